The molecule has 0 heterocycles. The Labute approximate surface area is 117 Å². The monoisotopic (exact) mass is 272 g/mol. The minimum Gasteiger partial charge on any atom is -0.409 e. The van der Waals surface area contributed by atoms with Crippen molar-refractivity contribution in [3.05, 3.63) is 59.2 Å². The summed E-state index contributed by atoms with van der Waals surface area (Å²) in [6.07, 6.45) is 0. The van der Waals surface area contributed by atoms with Gasteiger partial charge in [0.1, 0.15) is 0 Å². The van der Waals surface area contributed by atoms with Crippen molar-refractivity contribution in [1.82, 2.24) is 0 Å². The number of hydrogen-bond acceptors (Lipinski definition) is 3. The molecule has 98 valence electrons. The second-order valence-electron chi connectivity index (χ2n) is 4.35. The van der Waals surface area contributed by atoms with Gasteiger partial charge < -0.3 is 10.9 Å². The SMILES string of the molecule is Cc1ccc(Sc2ccccc2C)c(/C(N)=N/O)c1. The van der Waals surface area contributed by atoms with Crippen LogP contribution < -0.4 is 5.73 Å². The zero-order valence-electron chi connectivity index (χ0n) is 10.9. The van der Waals surface area contributed by atoms with Crippen LogP contribution in [0.1, 0.15) is 16.7 Å². The van der Waals surface area contributed by atoms with Gasteiger partial charge >= 0.3 is 0 Å². The number of nitrogens with zero attached hydrogens (tertiary/aromatic N) is 1. The molecule has 4 heteroatoms. The van der Waals surface area contributed by atoms with E-state index in [9.17, 15) is 0 Å². The van der Waals surface area contributed by atoms with Gasteiger partial charge in [0.25, 0.3) is 0 Å². The van der Waals surface area contributed by atoms with Crippen LogP contribution in [0.3, 0.4) is 0 Å². The molecule has 2 rings (SSSR count). The van der Waals surface area contributed by atoms with E-state index >= 15 is 0 Å². The number of oxime groups is 1. The van der Waals surface area contributed by atoms with Crippen molar-refractivity contribution in [3.8, 4) is 0 Å². The van der Waals surface area contributed by atoms with Crippen LogP contribution in [0.2, 0.25) is 0 Å². The molecule has 3 N–H and O–H groups in total. The molecule has 0 radical (unpaired) electrons. The Balaban J connectivity index is 2.43. The third-order valence-electron chi connectivity index (χ3n) is 2.83. The molecule has 0 fully saturated rings. The standard InChI is InChI=1S/C15H16N2OS/c1-10-7-8-14(12(9-10)15(16)17-18)19-13-6-4-3-5-11(13)2/h3-9,18H,1-2H3,(H2,16,17). The smallest absolute Gasteiger partial charge is 0.171 e. The van der Waals surface area contributed by atoms with Gasteiger partial charge in [-0.25, -0.2) is 0 Å². The average Bonchev–Trinajstić information content (AvgIpc) is 2.42. The summed E-state index contributed by atoms with van der Waals surface area (Å²) in [5, 5.41) is 12.0. The maximum Gasteiger partial charge on any atom is 0.171 e. The molecule has 0 aliphatic rings. The average molecular weight is 272 g/mol. The van der Waals surface area contributed by atoms with E-state index in [1.54, 1.807) is 11.8 Å². The maximum absolute atomic E-state index is 8.88. The Morgan fingerprint density at radius 3 is 2.53 bits per heavy atom. The Morgan fingerprint density at radius 2 is 1.84 bits per heavy atom. The van der Waals surface area contributed by atoms with Gasteiger partial charge in [0.05, 0.1) is 0 Å². The molecule has 2 aromatic carbocycles. The van der Waals surface area contributed by atoms with Crippen molar-refractivity contribution in [2.45, 2.75) is 23.6 Å². The third-order valence-corrected chi connectivity index (χ3v) is 4.09. The topological polar surface area (TPSA) is 58.6 Å². The van der Waals surface area contributed by atoms with Gasteiger partial charge in [-0.15, -0.1) is 0 Å². The van der Waals surface area contributed by atoms with Crippen LogP contribution in [-0.4, -0.2) is 11.0 Å². The molecule has 0 bridgehead atoms. The lowest BCUT2D eigenvalue weighted by atomic mass is 10.1. The second-order valence-corrected chi connectivity index (χ2v) is 5.44. The highest BCUT2D eigenvalue weighted by molar-refractivity contribution is 7.99. The minimum absolute atomic E-state index is 0.139. The molecule has 0 saturated heterocycles. The second kappa shape index (κ2) is 5.80. The van der Waals surface area contributed by atoms with Gasteiger partial charge in [-0.1, -0.05) is 46.7 Å². The summed E-state index contributed by atoms with van der Waals surface area (Å²) in [7, 11) is 0. The highest BCUT2D eigenvalue weighted by atomic mass is 32.2. The number of hydrogen-bond donors (Lipinski definition) is 2. The lowest BCUT2D eigenvalue weighted by Gasteiger charge is -2.10. The lowest BCUT2D eigenvalue weighted by Crippen LogP contribution is -2.14. The first kappa shape index (κ1) is 13.5. The van der Waals surface area contributed by atoms with E-state index in [0.29, 0.717) is 0 Å². The van der Waals surface area contributed by atoms with Crippen molar-refractivity contribution in [2.75, 3.05) is 0 Å². The Morgan fingerprint density at radius 1 is 1.11 bits per heavy atom. The largest absolute Gasteiger partial charge is 0.409 e. The molecule has 3 nitrogen and oxygen atoms in total. The maximum atomic E-state index is 8.88. The molecule has 0 atom stereocenters. The fraction of sp³-hybridized carbons (Fsp3) is 0.133. The number of benzene rings is 2. The van der Waals surface area contributed by atoms with E-state index in [4.69, 9.17) is 10.9 Å². The molecular weight excluding hydrogens is 256 g/mol. The zero-order chi connectivity index (χ0) is 13.8. The van der Waals surface area contributed by atoms with E-state index in [-0.39, 0.29) is 5.84 Å². The molecule has 0 aliphatic carbocycles. The van der Waals surface area contributed by atoms with Crippen LogP contribution >= 0.6 is 11.8 Å². The van der Waals surface area contributed by atoms with Gasteiger partial charge in [0, 0.05) is 15.4 Å². The Hall–Kier alpha value is -1.94. The fourth-order valence-corrected chi connectivity index (χ4v) is 2.80. The van der Waals surface area contributed by atoms with Gasteiger partial charge in [-0.3, -0.25) is 0 Å². The summed E-state index contributed by atoms with van der Waals surface area (Å²) < 4.78 is 0. The van der Waals surface area contributed by atoms with Crippen LogP contribution in [0.4, 0.5) is 0 Å². The van der Waals surface area contributed by atoms with Gasteiger partial charge in [-0.05, 0) is 37.6 Å². The zero-order valence-corrected chi connectivity index (χ0v) is 11.7. The molecule has 2 aromatic rings. The first-order chi connectivity index (χ1) is 9.11. The van der Waals surface area contributed by atoms with Crippen LogP contribution in [0.25, 0.3) is 0 Å². The summed E-state index contributed by atoms with van der Waals surface area (Å²) in [5.41, 5.74) is 8.79. The number of amidine groups is 1. The highest BCUT2D eigenvalue weighted by Crippen LogP contribution is 2.32. The van der Waals surface area contributed by atoms with E-state index < -0.39 is 0 Å². The summed E-state index contributed by atoms with van der Waals surface area (Å²) in [4.78, 5) is 2.15. The minimum atomic E-state index is 0.139. The first-order valence-electron chi connectivity index (χ1n) is 5.94. The number of nitrogens with two attached hydrogens (primary N) is 1. The highest BCUT2D eigenvalue weighted by Gasteiger charge is 2.10. The van der Waals surface area contributed by atoms with E-state index in [1.807, 2.05) is 37.3 Å². The Bertz CT molecular complexity index is 623. The fourth-order valence-electron chi connectivity index (χ4n) is 1.78. The van der Waals surface area contributed by atoms with Crippen LogP contribution in [0, 0.1) is 13.8 Å². The number of rotatable bonds is 3. The quantitative estimate of drug-likeness (QED) is 0.389. The predicted octanol–water partition coefficient (Wildman–Crippen LogP) is 3.55. The first-order valence-corrected chi connectivity index (χ1v) is 6.75. The molecule has 0 aromatic heterocycles. The van der Waals surface area contributed by atoms with Gasteiger partial charge in [0.15, 0.2) is 5.84 Å². The summed E-state index contributed by atoms with van der Waals surface area (Å²) in [6.45, 7) is 4.05. The number of aryl methyl sites for hydroxylation is 2. The van der Waals surface area contributed by atoms with Crippen molar-refractivity contribution in [3.63, 3.8) is 0 Å². The van der Waals surface area contributed by atoms with Gasteiger partial charge in [0.2, 0.25) is 0 Å². The molecule has 0 spiro atoms. The van der Waals surface area contributed by atoms with Crippen molar-refractivity contribution >= 4 is 17.6 Å². The molecule has 0 saturated carbocycles. The summed E-state index contributed by atoms with van der Waals surface area (Å²) >= 11 is 1.62. The van der Waals surface area contributed by atoms with E-state index in [1.165, 1.54) is 10.5 Å². The normalized spacial score (nSPS) is 11.6. The van der Waals surface area contributed by atoms with Gasteiger partial charge in [-0.2, -0.15) is 0 Å². The summed E-state index contributed by atoms with van der Waals surface area (Å²) in [6, 6.07) is 14.1. The third kappa shape index (κ3) is 3.09. The molecule has 0 unspecified atom stereocenters. The predicted molar refractivity (Wildman–Crippen MR) is 79.0 cm³/mol. The van der Waals surface area contributed by atoms with Crippen molar-refractivity contribution < 1.29 is 5.21 Å². The van der Waals surface area contributed by atoms with Crippen LogP contribution in [-0.2, 0) is 0 Å². The summed E-state index contributed by atoms with van der Waals surface area (Å²) in [5.74, 6) is 0.139. The van der Waals surface area contributed by atoms with Crippen molar-refractivity contribution in [2.24, 2.45) is 10.9 Å². The molecular formula is C15H16N2OS. The van der Waals surface area contributed by atoms with Crippen molar-refractivity contribution in [1.29, 1.82) is 0 Å². The Kier molecular flexibility index (Phi) is 4.12. The lowest BCUT2D eigenvalue weighted by molar-refractivity contribution is 0.318. The molecule has 19 heavy (non-hydrogen) atoms. The van der Waals surface area contributed by atoms with Crippen LogP contribution in [0.15, 0.2) is 57.4 Å². The van der Waals surface area contributed by atoms with Crippen LogP contribution in [0.5, 0.6) is 0 Å². The van der Waals surface area contributed by atoms with E-state index in [2.05, 4.69) is 24.2 Å². The van der Waals surface area contributed by atoms with E-state index in [0.717, 1.165) is 16.0 Å². The molecule has 0 aliphatic heterocycles. The molecule has 0 amide bonds.